The van der Waals surface area contributed by atoms with Gasteiger partial charge in [0.05, 0.1) is 22.8 Å². The zero-order chi connectivity index (χ0) is 11.7. The molecule has 0 saturated carbocycles. The van der Waals surface area contributed by atoms with Crippen LogP contribution in [0.2, 0.25) is 10.0 Å². The number of halogens is 2. The van der Waals surface area contributed by atoms with Gasteiger partial charge in [0.1, 0.15) is 0 Å². The lowest BCUT2D eigenvalue weighted by molar-refractivity contribution is 0.182. The van der Waals surface area contributed by atoms with E-state index in [-0.39, 0.29) is 0 Å². The number of fused-ring (bicyclic) bond motifs is 1. The van der Waals surface area contributed by atoms with Crippen LogP contribution < -0.4 is 0 Å². The number of aromatic nitrogens is 1. The molecule has 4 heteroatoms. The molecule has 0 aliphatic rings. The van der Waals surface area contributed by atoms with Gasteiger partial charge in [-0.25, -0.2) is 0 Å². The molecule has 0 spiro atoms. The summed E-state index contributed by atoms with van der Waals surface area (Å²) >= 11 is 12.2. The Balaban J connectivity index is 2.67. The predicted molar refractivity (Wildman–Crippen MR) is 67.2 cm³/mol. The van der Waals surface area contributed by atoms with Crippen LogP contribution in [0.1, 0.15) is 11.3 Å². The summed E-state index contributed by atoms with van der Waals surface area (Å²) < 4.78 is 5.03. The van der Waals surface area contributed by atoms with Crippen molar-refractivity contribution in [2.45, 2.75) is 13.5 Å². The topological polar surface area (TPSA) is 22.1 Å². The molecule has 2 aromatic rings. The highest BCUT2D eigenvalue weighted by molar-refractivity contribution is 6.36. The average molecular weight is 256 g/mol. The van der Waals surface area contributed by atoms with Crippen molar-refractivity contribution in [3.05, 3.63) is 39.5 Å². The number of methoxy groups -OCH3 is 1. The van der Waals surface area contributed by atoms with Gasteiger partial charge < -0.3 is 4.74 Å². The number of benzene rings is 1. The van der Waals surface area contributed by atoms with Gasteiger partial charge in [-0.3, -0.25) is 4.98 Å². The number of ether oxygens (including phenoxy) is 1. The molecule has 84 valence electrons. The summed E-state index contributed by atoms with van der Waals surface area (Å²) in [4.78, 5) is 4.43. The first-order valence-electron chi connectivity index (χ1n) is 4.86. The van der Waals surface area contributed by atoms with Gasteiger partial charge >= 0.3 is 0 Å². The van der Waals surface area contributed by atoms with E-state index in [2.05, 4.69) is 4.98 Å². The smallest absolute Gasteiger partial charge is 0.0884 e. The molecule has 0 N–H and O–H groups in total. The van der Waals surface area contributed by atoms with Crippen LogP contribution in [0.15, 0.2) is 18.2 Å². The van der Waals surface area contributed by atoms with Crippen LogP contribution in [0.3, 0.4) is 0 Å². The number of hydrogen-bond acceptors (Lipinski definition) is 2. The Bertz CT molecular complexity index is 540. The molecule has 0 aliphatic carbocycles. The fourth-order valence-electron chi connectivity index (χ4n) is 1.59. The molecular weight excluding hydrogens is 245 g/mol. The third-order valence-electron chi connectivity index (χ3n) is 2.38. The van der Waals surface area contributed by atoms with E-state index in [1.165, 1.54) is 0 Å². The number of pyridine rings is 1. The highest BCUT2D eigenvalue weighted by Crippen LogP contribution is 2.28. The summed E-state index contributed by atoms with van der Waals surface area (Å²) in [5, 5.41) is 2.30. The van der Waals surface area contributed by atoms with E-state index in [0.29, 0.717) is 16.7 Å². The van der Waals surface area contributed by atoms with Crippen molar-refractivity contribution in [3.63, 3.8) is 0 Å². The molecule has 2 nitrogen and oxygen atoms in total. The SMILES string of the molecule is COCc1cc(Cl)c2cc(C)c(Cl)cc2n1. The molecule has 0 radical (unpaired) electrons. The molecule has 0 atom stereocenters. The third kappa shape index (κ3) is 2.14. The van der Waals surface area contributed by atoms with Crippen LogP contribution in [-0.4, -0.2) is 12.1 Å². The van der Waals surface area contributed by atoms with Gasteiger partial charge in [-0.15, -0.1) is 0 Å². The lowest BCUT2D eigenvalue weighted by atomic mass is 10.1. The van der Waals surface area contributed by atoms with Gasteiger partial charge in [0.25, 0.3) is 0 Å². The molecule has 16 heavy (non-hydrogen) atoms. The zero-order valence-corrected chi connectivity index (χ0v) is 10.6. The highest BCUT2D eigenvalue weighted by Gasteiger charge is 2.06. The predicted octanol–water partition coefficient (Wildman–Crippen LogP) is 4.00. The van der Waals surface area contributed by atoms with Crippen molar-refractivity contribution in [2.75, 3.05) is 7.11 Å². The maximum atomic E-state index is 6.18. The molecule has 2 rings (SSSR count). The minimum absolute atomic E-state index is 0.446. The van der Waals surface area contributed by atoms with Crippen molar-refractivity contribution in [1.29, 1.82) is 0 Å². The maximum absolute atomic E-state index is 6.18. The Hall–Kier alpha value is -0.830. The lowest BCUT2D eigenvalue weighted by Gasteiger charge is -2.06. The van der Waals surface area contributed by atoms with E-state index >= 15 is 0 Å². The monoisotopic (exact) mass is 255 g/mol. The first-order valence-corrected chi connectivity index (χ1v) is 5.61. The van der Waals surface area contributed by atoms with Crippen molar-refractivity contribution in [1.82, 2.24) is 4.98 Å². The van der Waals surface area contributed by atoms with Crippen molar-refractivity contribution in [2.24, 2.45) is 0 Å². The Kier molecular flexibility index (Phi) is 3.33. The van der Waals surface area contributed by atoms with Gasteiger partial charge in [-0.05, 0) is 30.7 Å². The molecule has 0 fully saturated rings. The van der Waals surface area contributed by atoms with E-state index in [1.807, 2.05) is 25.1 Å². The molecule has 0 amide bonds. The summed E-state index contributed by atoms with van der Waals surface area (Å²) in [5.74, 6) is 0. The molecule has 0 unspecified atom stereocenters. The highest BCUT2D eigenvalue weighted by atomic mass is 35.5. The Morgan fingerprint density at radius 3 is 2.62 bits per heavy atom. The number of hydrogen-bond donors (Lipinski definition) is 0. The van der Waals surface area contributed by atoms with Crippen molar-refractivity contribution < 1.29 is 4.74 Å². The standard InChI is InChI=1S/C12H11Cl2NO/c1-7-3-9-11(14)4-8(6-16-2)15-12(9)5-10(7)13/h3-5H,6H2,1-2H3. The summed E-state index contributed by atoms with van der Waals surface area (Å²) in [6.07, 6.45) is 0. The number of nitrogens with zero attached hydrogens (tertiary/aromatic N) is 1. The largest absolute Gasteiger partial charge is 0.378 e. The van der Waals surface area contributed by atoms with Gasteiger partial charge in [-0.1, -0.05) is 23.2 Å². The fourth-order valence-corrected chi connectivity index (χ4v) is 2.02. The van der Waals surface area contributed by atoms with E-state index in [0.717, 1.165) is 22.2 Å². The van der Waals surface area contributed by atoms with Crippen LogP contribution in [0.5, 0.6) is 0 Å². The Labute approximate surface area is 104 Å². The summed E-state index contributed by atoms with van der Waals surface area (Å²) in [5.41, 5.74) is 2.60. The van der Waals surface area contributed by atoms with Crippen LogP contribution in [0.25, 0.3) is 10.9 Å². The second-order valence-electron chi connectivity index (χ2n) is 3.65. The van der Waals surface area contributed by atoms with Crippen LogP contribution in [-0.2, 0) is 11.3 Å². The molecule has 1 aromatic heterocycles. The van der Waals surface area contributed by atoms with Crippen LogP contribution >= 0.6 is 23.2 Å². The van der Waals surface area contributed by atoms with Crippen LogP contribution in [0.4, 0.5) is 0 Å². The summed E-state index contributed by atoms with van der Waals surface area (Å²) in [6.45, 7) is 2.39. The fraction of sp³-hybridized carbons (Fsp3) is 0.250. The molecule has 0 bridgehead atoms. The van der Waals surface area contributed by atoms with Crippen molar-refractivity contribution >= 4 is 34.1 Å². The quantitative estimate of drug-likeness (QED) is 0.810. The van der Waals surface area contributed by atoms with Gasteiger partial charge in [-0.2, -0.15) is 0 Å². The Morgan fingerprint density at radius 1 is 1.19 bits per heavy atom. The minimum atomic E-state index is 0.446. The third-order valence-corrected chi connectivity index (χ3v) is 3.10. The lowest BCUT2D eigenvalue weighted by Crippen LogP contribution is -1.93. The maximum Gasteiger partial charge on any atom is 0.0884 e. The number of aryl methyl sites for hydroxylation is 1. The Morgan fingerprint density at radius 2 is 1.94 bits per heavy atom. The molecular formula is C12H11Cl2NO. The molecule has 1 aromatic carbocycles. The minimum Gasteiger partial charge on any atom is -0.378 e. The molecule has 1 heterocycles. The van der Waals surface area contributed by atoms with Gasteiger partial charge in [0, 0.05) is 17.5 Å². The number of rotatable bonds is 2. The first kappa shape index (κ1) is 11.6. The van der Waals surface area contributed by atoms with Crippen molar-refractivity contribution in [3.8, 4) is 0 Å². The second kappa shape index (κ2) is 4.58. The van der Waals surface area contributed by atoms with Gasteiger partial charge in [0.2, 0.25) is 0 Å². The van der Waals surface area contributed by atoms with E-state index < -0.39 is 0 Å². The van der Waals surface area contributed by atoms with Crippen LogP contribution in [0, 0.1) is 6.92 Å². The normalized spacial score (nSPS) is 11.0. The first-order chi connectivity index (χ1) is 7.61. The zero-order valence-electron chi connectivity index (χ0n) is 9.05. The molecule has 0 saturated heterocycles. The average Bonchev–Trinajstić information content (AvgIpc) is 2.22. The van der Waals surface area contributed by atoms with E-state index in [1.54, 1.807) is 7.11 Å². The van der Waals surface area contributed by atoms with E-state index in [4.69, 9.17) is 27.9 Å². The second-order valence-corrected chi connectivity index (χ2v) is 4.46. The molecule has 0 aliphatic heterocycles. The summed E-state index contributed by atoms with van der Waals surface area (Å²) in [6, 6.07) is 5.60. The summed E-state index contributed by atoms with van der Waals surface area (Å²) in [7, 11) is 1.63. The van der Waals surface area contributed by atoms with Gasteiger partial charge in [0.15, 0.2) is 0 Å². The van der Waals surface area contributed by atoms with E-state index in [9.17, 15) is 0 Å².